The molecule has 1 fully saturated rings. The molecular formula is C29H29FN4O3. The molecule has 5 rings (SSSR count). The number of anilines is 2. The number of aliphatic carboxylic acids is 1. The number of benzene rings is 3. The Morgan fingerprint density at radius 1 is 0.973 bits per heavy atom. The number of amides is 1. The van der Waals surface area contributed by atoms with Gasteiger partial charge in [0.15, 0.2) is 0 Å². The molecule has 3 aromatic rings. The molecule has 37 heavy (non-hydrogen) atoms. The zero-order valence-electron chi connectivity index (χ0n) is 20.4. The van der Waals surface area contributed by atoms with Crippen molar-refractivity contribution >= 4 is 34.5 Å². The molecule has 0 atom stereocenters. The quantitative estimate of drug-likeness (QED) is 0.347. The number of carbonyl (C=O) groups is 2. The van der Waals surface area contributed by atoms with Gasteiger partial charge in [0, 0.05) is 50.4 Å². The number of fused-ring (bicyclic) bond motifs is 1. The summed E-state index contributed by atoms with van der Waals surface area (Å²) in [6, 6.07) is 19.9. The second-order valence-electron chi connectivity index (χ2n) is 9.33. The Morgan fingerprint density at radius 3 is 2.38 bits per heavy atom. The van der Waals surface area contributed by atoms with Gasteiger partial charge in [-0.1, -0.05) is 36.4 Å². The number of carbonyl (C=O) groups excluding carboxylic acids is 1. The Balaban J connectivity index is 1.46. The van der Waals surface area contributed by atoms with Crippen LogP contribution in [0.5, 0.6) is 0 Å². The third-order valence-electron chi connectivity index (χ3n) is 6.69. The highest BCUT2D eigenvalue weighted by molar-refractivity contribution is 6.37. The summed E-state index contributed by atoms with van der Waals surface area (Å²) in [5, 5.41) is 18.6. The van der Waals surface area contributed by atoms with E-state index in [2.05, 4.69) is 33.0 Å². The first-order valence-corrected chi connectivity index (χ1v) is 12.4. The van der Waals surface area contributed by atoms with Gasteiger partial charge in [-0.2, -0.15) is 0 Å². The first-order valence-electron chi connectivity index (χ1n) is 12.4. The molecular weight excluding hydrogens is 471 g/mol. The zero-order valence-corrected chi connectivity index (χ0v) is 20.4. The number of aryl methyl sites for hydroxylation is 1. The van der Waals surface area contributed by atoms with Crippen LogP contribution in [0.4, 0.5) is 15.8 Å². The van der Waals surface area contributed by atoms with Crippen LogP contribution in [0.15, 0.2) is 66.7 Å². The van der Waals surface area contributed by atoms with E-state index in [0.717, 1.165) is 49.5 Å². The van der Waals surface area contributed by atoms with Crippen molar-refractivity contribution in [2.24, 2.45) is 0 Å². The number of rotatable bonds is 8. The minimum Gasteiger partial charge on any atom is -0.481 e. The SMILES string of the molecule is O=C(O)CCc1ccc(C(Nc2ccc(CN3CCNCC3)cc2)=C2C(=O)Nc3cc(F)ccc32)cc1. The van der Waals surface area contributed by atoms with E-state index in [1.807, 2.05) is 36.4 Å². The van der Waals surface area contributed by atoms with E-state index in [9.17, 15) is 14.0 Å². The van der Waals surface area contributed by atoms with Crippen molar-refractivity contribution in [3.63, 3.8) is 0 Å². The molecule has 0 aliphatic carbocycles. The van der Waals surface area contributed by atoms with Gasteiger partial charge in [-0.05, 0) is 53.4 Å². The van der Waals surface area contributed by atoms with E-state index < -0.39 is 11.8 Å². The van der Waals surface area contributed by atoms with Gasteiger partial charge in [-0.3, -0.25) is 14.5 Å². The van der Waals surface area contributed by atoms with E-state index >= 15 is 0 Å². The van der Waals surface area contributed by atoms with Crippen LogP contribution >= 0.6 is 0 Å². The molecule has 0 spiro atoms. The largest absolute Gasteiger partial charge is 0.481 e. The van der Waals surface area contributed by atoms with Crippen molar-refractivity contribution in [1.29, 1.82) is 0 Å². The Morgan fingerprint density at radius 2 is 1.68 bits per heavy atom. The highest BCUT2D eigenvalue weighted by Gasteiger charge is 2.29. The van der Waals surface area contributed by atoms with Crippen LogP contribution < -0.4 is 16.0 Å². The average Bonchev–Trinajstić information content (AvgIpc) is 3.22. The number of nitrogens with zero attached hydrogens (tertiary/aromatic N) is 1. The van der Waals surface area contributed by atoms with E-state index in [1.54, 1.807) is 6.07 Å². The molecule has 0 aromatic heterocycles. The summed E-state index contributed by atoms with van der Waals surface area (Å²) < 4.78 is 13.8. The summed E-state index contributed by atoms with van der Waals surface area (Å²) in [6.07, 6.45) is 0.471. The molecule has 2 aliphatic heterocycles. The predicted octanol–water partition coefficient (Wildman–Crippen LogP) is 4.18. The van der Waals surface area contributed by atoms with Gasteiger partial charge in [-0.25, -0.2) is 4.39 Å². The van der Waals surface area contributed by atoms with Crippen molar-refractivity contribution in [2.75, 3.05) is 36.8 Å². The van der Waals surface area contributed by atoms with E-state index in [-0.39, 0.29) is 12.3 Å². The van der Waals surface area contributed by atoms with E-state index in [1.165, 1.54) is 17.7 Å². The number of carboxylic acid groups (broad SMARTS) is 1. The van der Waals surface area contributed by atoms with Crippen LogP contribution in [-0.2, 0) is 22.6 Å². The monoisotopic (exact) mass is 500 g/mol. The van der Waals surface area contributed by atoms with Gasteiger partial charge < -0.3 is 21.1 Å². The molecule has 4 N–H and O–H groups in total. The zero-order chi connectivity index (χ0) is 25.8. The van der Waals surface area contributed by atoms with E-state index in [0.29, 0.717) is 28.9 Å². The minimum atomic E-state index is -0.847. The molecule has 0 bridgehead atoms. The smallest absolute Gasteiger partial charge is 0.303 e. The highest BCUT2D eigenvalue weighted by Crippen LogP contribution is 2.38. The van der Waals surface area contributed by atoms with Gasteiger partial charge in [0.2, 0.25) is 0 Å². The molecule has 3 aromatic carbocycles. The lowest BCUT2D eigenvalue weighted by molar-refractivity contribution is -0.137. The summed E-state index contributed by atoms with van der Waals surface area (Å²) in [7, 11) is 0. The second-order valence-corrected chi connectivity index (χ2v) is 9.33. The summed E-state index contributed by atoms with van der Waals surface area (Å²) in [6.45, 7) is 4.93. The maximum absolute atomic E-state index is 13.8. The Labute approximate surface area is 215 Å². The fraction of sp³-hybridized carbons (Fsp3) is 0.241. The molecule has 8 heteroatoms. The standard InChI is InChI=1S/C29H29FN4O3/c30-22-8-11-24-25(17-22)33-29(37)27(24)28(21-6-1-19(2-7-21)5-12-26(35)36)32-23-9-3-20(4-10-23)18-34-15-13-31-14-16-34/h1-4,6-11,17,31-32H,5,12-16,18H2,(H,33,37)(H,35,36). The normalized spacial score (nSPS) is 16.7. The van der Waals surface area contributed by atoms with Crippen LogP contribution in [0.2, 0.25) is 0 Å². The van der Waals surface area contributed by atoms with Crippen molar-refractivity contribution in [3.05, 3.63) is 94.8 Å². The van der Waals surface area contributed by atoms with Gasteiger partial charge in [-0.15, -0.1) is 0 Å². The molecule has 0 radical (unpaired) electrons. The fourth-order valence-electron chi connectivity index (χ4n) is 4.73. The lowest BCUT2D eigenvalue weighted by Crippen LogP contribution is -2.42. The lowest BCUT2D eigenvalue weighted by atomic mass is 9.98. The predicted molar refractivity (Wildman–Crippen MR) is 142 cm³/mol. The van der Waals surface area contributed by atoms with Gasteiger partial charge in [0.25, 0.3) is 5.91 Å². The van der Waals surface area contributed by atoms with Crippen molar-refractivity contribution in [2.45, 2.75) is 19.4 Å². The first kappa shape index (κ1) is 24.7. The third kappa shape index (κ3) is 5.87. The molecule has 7 nitrogen and oxygen atoms in total. The van der Waals surface area contributed by atoms with Crippen LogP contribution in [-0.4, -0.2) is 48.1 Å². The molecule has 1 saturated heterocycles. The number of hydrogen-bond donors (Lipinski definition) is 4. The second kappa shape index (κ2) is 10.9. The van der Waals surface area contributed by atoms with Crippen LogP contribution in [0.1, 0.15) is 28.7 Å². The Kier molecular flexibility index (Phi) is 7.30. The summed E-state index contributed by atoms with van der Waals surface area (Å²) in [5.41, 5.74) is 5.79. The summed E-state index contributed by atoms with van der Waals surface area (Å²) >= 11 is 0. The number of carboxylic acids is 1. The van der Waals surface area contributed by atoms with Gasteiger partial charge in [0.05, 0.1) is 17.0 Å². The van der Waals surface area contributed by atoms with Gasteiger partial charge >= 0.3 is 5.97 Å². The lowest BCUT2D eigenvalue weighted by Gasteiger charge is -2.27. The van der Waals surface area contributed by atoms with Crippen molar-refractivity contribution in [1.82, 2.24) is 10.2 Å². The Bertz CT molecular complexity index is 1330. The van der Waals surface area contributed by atoms with Crippen molar-refractivity contribution in [3.8, 4) is 0 Å². The molecule has 0 saturated carbocycles. The molecule has 2 aliphatic rings. The third-order valence-corrected chi connectivity index (χ3v) is 6.69. The maximum Gasteiger partial charge on any atom is 0.303 e. The summed E-state index contributed by atoms with van der Waals surface area (Å²) in [5.74, 6) is -1.58. The topological polar surface area (TPSA) is 93.7 Å². The first-order chi connectivity index (χ1) is 18.0. The average molecular weight is 501 g/mol. The Hall–Kier alpha value is -4.01. The van der Waals surface area contributed by atoms with Crippen molar-refractivity contribution < 1.29 is 19.1 Å². The highest BCUT2D eigenvalue weighted by atomic mass is 19.1. The number of halogens is 1. The fourth-order valence-corrected chi connectivity index (χ4v) is 4.73. The number of nitrogens with one attached hydrogen (secondary N) is 3. The van der Waals surface area contributed by atoms with E-state index in [4.69, 9.17) is 5.11 Å². The number of hydrogen-bond acceptors (Lipinski definition) is 5. The van der Waals surface area contributed by atoms with Crippen LogP contribution in [0.25, 0.3) is 11.3 Å². The maximum atomic E-state index is 13.8. The van der Waals surface area contributed by atoms with Gasteiger partial charge in [0.1, 0.15) is 5.82 Å². The molecule has 0 unspecified atom stereocenters. The molecule has 1 amide bonds. The summed E-state index contributed by atoms with van der Waals surface area (Å²) in [4.78, 5) is 26.4. The minimum absolute atomic E-state index is 0.0488. The van der Waals surface area contributed by atoms with Crippen LogP contribution in [0, 0.1) is 5.82 Å². The molecule has 2 heterocycles. The molecule has 190 valence electrons. The number of piperazine rings is 1. The van der Waals surface area contributed by atoms with Crippen LogP contribution in [0.3, 0.4) is 0 Å².